The number of aryl methyl sites for hydroxylation is 4. The number of rotatable bonds is 5. The maximum Gasteiger partial charge on any atom is 0.319 e. The highest BCUT2D eigenvalue weighted by Crippen LogP contribution is 2.41. The summed E-state index contributed by atoms with van der Waals surface area (Å²) in [5, 5.41) is 6.65. The third-order valence-electron chi connectivity index (χ3n) is 8.86. The van der Waals surface area contributed by atoms with Gasteiger partial charge in [-0.05, 0) is 81.9 Å². The van der Waals surface area contributed by atoms with Gasteiger partial charge in [0.2, 0.25) is 5.91 Å². The first-order valence-electron chi connectivity index (χ1n) is 14.9. The number of hydrogen-bond acceptors (Lipinski definition) is 7. The van der Waals surface area contributed by atoms with Crippen LogP contribution in [0, 0.1) is 20.8 Å². The minimum Gasteiger partial charge on any atom is -0.458 e. The lowest BCUT2D eigenvalue weighted by Gasteiger charge is -2.44. The van der Waals surface area contributed by atoms with Gasteiger partial charge in [0.1, 0.15) is 11.9 Å². The first-order valence-corrected chi connectivity index (χ1v) is 14.9. The van der Waals surface area contributed by atoms with E-state index in [0.717, 1.165) is 63.8 Å². The number of fused-ring (bicyclic) bond motifs is 2. The number of benzene rings is 2. The molecule has 1 unspecified atom stereocenters. The van der Waals surface area contributed by atoms with E-state index in [1.54, 1.807) is 0 Å². The molecule has 0 spiro atoms. The minimum atomic E-state index is -0.0851. The lowest BCUT2D eigenvalue weighted by Crippen LogP contribution is -2.58. The Labute approximate surface area is 247 Å². The van der Waals surface area contributed by atoms with E-state index in [1.807, 2.05) is 22.8 Å². The fourth-order valence-electron chi connectivity index (χ4n) is 6.70. The topological polar surface area (TPSA) is 85.6 Å². The van der Waals surface area contributed by atoms with Gasteiger partial charge in [0.25, 0.3) is 0 Å². The molecule has 9 heteroatoms. The third-order valence-corrected chi connectivity index (χ3v) is 8.86. The van der Waals surface area contributed by atoms with E-state index in [-0.39, 0.29) is 24.1 Å². The van der Waals surface area contributed by atoms with Crippen LogP contribution in [0.3, 0.4) is 0 Å². The summed E-state index contributed by atoms with van der Waals surface area (Å²) in [6.45, 7) is 16.9. The van der Waals surface area contributed by atoms with Crippen molar-refractivity contribution in [3.05, 3.63) is 53.7 Å². The molecule has 0 aliphatic carbocycles. The number of piperazine rings is 1. The average Bonchev–Trinajstić information content (AvgIpc) is 3.35. The fourth-order valence-corrected chi connectivity index (χ4v) is 6.70. The first kappa shape index (κ1) is 28.2. The van der Waals surface area contributed by atoms with Gasteiger partial charge in [-0.1, -0.05) is 18.7 Å². The molecule has 1 amide bonds. The zero-order valence-corrected chi connectivity index (χ0v) is 25.5. The Morgan fingerprint density at radius 2 is 1.90 bits per heavy atom. The van der Waals surface area contributed by atoms with Crippen LogP contribution in [-0.4, -0.2) is 75.0 Å². The van der Waals surface area contributed by atoms with Crippen LogP contribution in [0.2, 0.25) is 0 Å². The number of nitrogens with zero attached hydrogens (tertiary/aromatic N) is 6. The van der Waals surface area contributed by atoms with Crippen LogP contribution in [-0.2, 0) is 16.6 Å². The van der Waals surface area contributed by atoms with Gasteiger partial charge in [0.05, 0.1) is 23.8 Å². The largest absolute Gasteiger partial charge is 0.458 e. The van der Waals surface area contributed by atoms with E-state index in [2.05, 4.69) is 69.4 Å². The van der Waals surface area contributed by atoms with Crippen molar-refractivity contribution in [2.75, 3.05) is 31.2 Å². The summed E-state index contributed by atoms with van der Waals surface area (Å²) in [7, 11) is 1.99. The van der Waals surface area contributed by atoms with Crippen LogP contribution in [0.1, 0.15) is 43.4 Å². The summed E-state index contributed by atoms with van der Waals surface area (Å²) in [4.78, 5) is 26.9. The minimum absolute atomic E-state index is 0.000566. The van der Waals surface area contributed by atoms with Crippen LogP contribution in [0.4, 0.5) is 5.82 Å². The Morgan fingerprint density at radius 3 is 2.64 bits per heavy atom. The number of carbonyl (C=O) groups is 1. The Bertz CT molecular complexity index is 1690. The third kappa shape index (κ3) is 4.79. The number of carbonyl (C=O) groups excluding carboxylic acids is 1. The molecular formula is C33H40N6O3. The summed E-state index contributed by atoms with van der Waals surface area (Å²) in [5.74, 6) is 0.795. The number of amides is 1. The van der Waals surface area contributed by atoms with Crippen molar-refractivity contribution < 1.29 is 14.3 Å². The van der Waals surface area contributed by atoms with Crippen molar-refractivity contribution >= 4 is 33.5 Å². The van der Waals surface area contributed by atoms with Crippen LogP contribution in [0.25, 0.3) is 32.9 Å². The Kier molecular flexibility index (Phi) is 7.39. The quantitative estimate of drug-likeness (QED) is 0.303. The summed E-state index contributed by atoms with van der Waals surface area (Å²) >= 11 is 0. The van der Waals surface area contributed by atoms with Crippen LogP contribution < -0.4 is 9.64 Å². The van der Waals surface area contributed by atoms with Crippen molar-refractivity contribution in [3.8, 4) is 17.1 Å². The van der Waals surface area contributed by atoms with Gasteiger partial charge in [-0.15, -0.1) is 0 Å². The van der Waals surface area contributed by atoms with Crippen molar-refractivity contribution in [2.24, 2.45) is 7.05 Å². The summed E-state index contributed by atoms with van der Waals surface area (Å²) < 4.78 is 14.0. The molecule has 9 nitrogen and oxygen atoms in total. The molecule has 2 aromatic carbocycles. The van der Waals surface area contributed by atoms with Gasteiger partial charge in [0, 0.05) is 55.2 Å². The molecular weight excluding hydrogens is 528 g/mol. The molecule has 42 heavy (non-hydrogen) atoms. The molecule has 2 aliphatic heterocycles. The van der Waals surface area contributed by atoms with E-state index in [4.69, 9.17) is 19.4 Å². The highest BCUT2D eigenvalue weighted by molar-refractivity contribution is 6.03. The first-order chi connectivity index (χ1) is 20.2. The Balaban J connectivity index is 1.55. The van der Waals surface area contributed by atoms with Crippen LogP contribution in [0.15, 0.2) is 37.1 Å². The second-order valence-corrected chi connectivity index (χ2v) is 11.9. The zero-order valence-electron chi connectivity index (χ0n) is 25.5. The smallest absolute Gasteiger partial charge is 0.319 e. The predicted molar refractivity (Wildman–Crippen MR) is 166 cm³/mol. The molecule has 220 valence electrons. The summed E-state index contributed by atoms with van der Waals surface area (Å²) in [6, 6.07) is 6.92. The van der Waals surface area contributed by atoms with Gasteiger partial charge in [-0.2, -0.15) is 15.1 Å². The predicted octanol–water partition coefficient (Wildman–Crippen LogP) is 5.28. The molecule has 2 saturated heterocycles. The monoisotopic (exact) mass is 568 g/mol. The average molecular weight is 569 g/mol. The van der Waals surface area contributed by atoms with Gasteiger partial charge in [-0.3, -0.25) is 9.48 Å². The number of hydrogen-bond donors (Lipinski definition) is 0. The molecule has 2 fully saturated rings. The number of aromatic nitrogens is 4. The zero-order chi connectivity index (χ0) is 29.7. The second kappa shape index (κ2) is 11.0. The molecule has 2 aromatic heterocycles. The van der Waals surface area contributed by atoms with Crippen molar-refractivity contribution in [1.29, 1.82) is 0 Å². The van der Waals surface area contributed by atoms with Crippen molar-refractivity contribution in [3.63, 3.8) is 0 Å². The Hall–Kier alpha value is -3.98. The molecule has 0 N–H and O–H groups in total. The van der Waals surface area contributed by atoms with Gasteiger partial charge < -0.3 is 19.3 Å². The highest BCUT2D eigenvalue weighted by Gasteiger charge is 2.34. The van der Waals surface area contributed by atoms with Crippen molar-refractivity contribution in [1.82, 2.24) is 24.6 Å². The molecule has 2 aliphatic rings. The molecule has 3 atom stereocenters. The number of anilines is 1. The van der Waals surface area contributed by atoms with Crippen LogP contribution in [0.5, 0.6) is 6.01 Å². The SMILES string of the molecule is C=CC(=O)N1C[C@H](C)N(c2nc(OC3CCCOC3)nc3c(C)c(-c4c(C)ccc5cnn(C)c45)c(C)cc23)C[C@H]1C. The molecule has 0 radical (unpaired) electrons. The van der Waals surface area contributed by atoms with Gasteiger partial charge in [-0.25, -0.2) is 0 Å². The standard InChI is InChI=1S/C33H40N6O3/c1-8-27(40)38-16-22(5)39(17-21(38)4)32-26-14-20(3)28(29-19(2)11-12-24-15-34-37(7)31(24)29)23(6)30(26)35-33(36-32)42-25-10-9-13-41-18-25/h8,11-12,14-15,21-22,25H,1,9-10,13,16-18H2,2-7H3/t21-,22+,25?/m1/s1. The van der Waals surface area contributed by atoms with E-state index >= 15 is 0 Å². The second-order valence-electron chi connectivity index (χ2n) is 11.9. The van der Waals surface area contributed by atoms with Gasteiger partial charge >= 0.3 is 6.01 Å². The normalized spacial score (nSPS) is 21.2. The molecule has 4 aromatic rings. The van der Waals surface area contributed by atoms with Crippen molar-refractivity contribution in [2.45, 2.75) is 65.6 Å². The summed E-state index contributed by atoms with van der Waals surface area (Å²) in [6.07, 6.45) is 5.10. The maximum absolute atomic E-state index is 12.6. The molecule has 0 bridgehead atoms. The highest BCUT2D eigenvalue weighted by atomic mass is 16.5. The number of ether oxygens (including phenoxy) is 2. The summed E-state index contributed by atoms with van der Waals surface area (Å²) in [5.41, 5.74) is 7.73. The van der Waals surface area contributed by atoms with Crippen LogP contribution >= 0.6 is 0 Å². The van der Waals surface area contributed by atoms with E-state index < -0.39 is 0 Å². The van der Waals surface area contributed by atoms with E-state index in [9.17, 15) is 4.79 Å². The van der Waals surface area contributed by atoms with Gasteiger partial charge in [0.15, 0.2) is 0 Å². The fraction of sp³-hybridized carbons (Fsp3) is 0.455. The lowest BCUT2D eigenvalue weighted by atomic mass is 9.89. The maximum atomic E-state index is 12.6. The van der Waals surface area contributed by atoms with E-state index in [0.29, 0.717) is 25.7 Å². The molecule has 4 heterocycles. The van der Waals surface area contributed by atoms with E-state index in [1.165, 1.54) is 17.2 Å². The molecule has 0 saturated carbocycles. The molecule has 6 rings (SSSR count). The Morgan fingerprint density at radius 1 is 1.10 bits per heavy atom. The lowest BCUT2D eigenvalue weighted by molar-refractivity contribution is -0.128.